The van der Waals surface area contributed by atoms with Gasteiger partial charge in [-0.2, -0.15) is 0 Å². The number of aromatic nitrogens is 3. The fourth-order valence-electron chi connectivity index (χ4n) is 9.27. The predicted octanol–water partition coefficient (Wildman–Crippen LogP) is 16.4. The molecule has 0 amide bonds. The number of rotatable bonds is 7. The maximum atomic E-state index is 6.13. The zero-order valence-corrected chi connectivity index (χ0v) is 44.9. The largest absolute Gasteiger partial charge is 0.456 e. The molecular formula is C62H67IrN3OSi. The number of nitrogens with zero attached hydrogens (tertiary/aromatic N) is 3. The van der Waals surface area contributed by atoms with Crippen LogP contribution in [0.4, 0.5) is 0 Å². The van der Waals surface area contributed by atoms with Crippen LogP contribution in [0.15, 0.2) is 175 Å². The Labute approximate surface area is 420 Å². The van der Waals surface area contributed by atoms with Crippen molar-refractivity contribution in [3.05, 3.63) is 193 Å². The van der Waals surface area contributed by atoms with E-state index in [0.717, 1.165) is 58.3 Å². The number of benzene rings is 5. The first kappa shape index (κ1) is 50.1. The Morgan fingerprint density at radius 2 is 1.03 bits per heavy atom. The van der Waals surface area contributed by atoms with Crippen LogP contribution in [0.1, 0.15) is 76.6 Å². The molecule has 10 rings (SSSR count). The van der Waals surface area contributed by atoms with Crippen LogP contribution in [0.25, 0.3) is 66.8 Å². The number of hydrogen-bond acceptors (Lipinski definition) is 4. The third-order valence-electron chi connectivity index (χ3n) is 12.3. The van der Waals surface area contributed by atoms with Crippen molar-refractivity contribution in [3.63, 3.8) is 0 Å². The van der Waals surface area contributed by atoms with E-state index >= 15 is 0 Å². The monoisotopic (exact) mass is 1090 g/mol. The van der Waals surface area contributed by atoms with Crippen molar-refractivity contribution < 1.29 is 24.5 Å². The fourth-order valence-corrected chi connectivity index (χ4v) is 10.8. The smallest absolute Gasteiger partial charge is 0.135 e. The van der Waals surface area contributed by atoms with Gasteiger partial charge >= 0.3 is 0 Å². The van der Waals surface area contributed by atoms with Gasteiger partial charge in [-0.15, -0.1) is 0 Å². The molecule has 1 aliphatic carbocycles. The molecule has 349 valence electrons. The Bertz CT molecular complexity index is 3070. The van der Waals surface area contributed by atoms with Crippen LogP contribution in [0, 0.1) is 10.8 Å². The molecule has 68 heavy (non-hydrogen) atoms. The summed E-state index contributed by atoms with van der Waals surface area (Å²) < 4.78 is 6.13. The molecular weight excluding hydrogens is 1020 g/mol. The third kappa shape index (κ3) is 12.8. The van der Waals surface area contributed by atoms with Gasteiger partial charge in [0.15, 0.2) is 0 Å². The third-order valence-corrected chi connectivity index (χ3v) is 14.4. The summed E-state index contributed by atoms with van der Waals surface area (Å²) in [6.07, 6.45) is 13.0. The minimum Gasteiger partial charge on any atom is -0.456 e. The summed E-state index contributed by atoms with van der Waals surface area (Å²) in [5.74, 6) is 0. The van der Waals surface area contributed by atoms with Gasteiger partial charge in [0.05, 0.1) is 25.2 Å². The Balaban J connectivity index is 0.000000157. The Kier molecular flexibility index (Phi) is 16.0. The van der Waals surface area contributed by atoms with E-state index in [2.05, 4.69) is 206 Å². The van der Waals surface area contributed by atoms with E-state index in [1.54, 1.807) is 0 Å². The number of fused-ring (bicyclic) bond motifs is 4. The van der Waals surface area contributed by atoms with E-state index in [1.165, 1.54) is 74.5 Å². The minimum absolute atomic E-state index is 0. The molecule has 0 saturated heterocycles. The van der Waals surface area contributed by atoms with Crippen molar-refractivity contribution in [1.82, 2.24) is 15.0 Å². The van der Waals surface area contributed by atoms with Crippen molar-refractivity contribution in [2.45, 2.75) is 99.7 Å². The van der Waals surface area contributed by atoms with Crippen LogP contribution in [0.3, 0.4) is 0 Å². The summed E-state index contributed by atoms with van der Waals surface area (Å²) in [5, 5.41) is 3.82. The van der Waals surface area contributed by atoms with E-state index in [0.29, 0.717) is 10.8 Å². The second kappa shape index (κ2) is 21.7. The maximum absolute atomic E-state index is 6.13. The van der Waals surface area contributed by atoms with Gasteiger partial charge in [0.1, 0.15) is 11.2 Å². The average molecular weight is 1090 g/mol. The van der Waals surface area contributed by atoms with Crippen molar-refractivity contribution in [2.24, 2.45) is 10.8 Å². The van der Waals surface area contributed by atoms with Crippen LogP contribution < -0.4 is 5.19 Å². The molecule has 1 radical (unpaired) electrons. The molecule has 0 bridgehead atoms. The second-order valence-electron chi connectivity index (χ2n) is 21.6. The first-order valence-corrected chi connectivity index (χ1v) is 27.6. The molecule has 0 aliphatic heterocycles. The average Bonchev–Trinajstić information content (AvgIpc) is 3.69. The minimum atomic E-state index is -1.36. The summed E-state index contributed by atoms with van der Waals surface area (Å²) in [5.41, 5.74) is 17.5. The van der Waals surface area contributed by atoms with Gasteiger partial charge in [-0.1, -0.05) is 158 Å². The Hall–Kier alpha value is -5.78. The van der Waals surface area contributed by atoms with Crippen LogP contribution in [-0.2, 0) is 45.8 Å². The summed E-state index contributed by atoms with van der Waals surface area (Å²) in [7, 11) is -1.36. The summed E-state index contributed by atoms with van der Waals surface area (Å²) in [6.45, 7) is 20.9. The maximum Gasteiger partial charge on any atom is 0.135 e. The normalized spacial score (nSPS) is 12.5. The molecule has 0 atom stereocenters. The first-order valence-electron chi connectivity index (χ1n) is 24.1. The first-order chi connectivity index (χ1) is 32.1. The van der Waals surface area contributed by atoms with Crippen molar-refractivity contribution in [2.75, 3.05) is 0 Å². The van der Waals surface area contributed by atoms with Gasteiger partial charge < -0.3 is 4.42 Å². The van der Waals surface area contributed by atoms with E-state index in [1.807, 2.05) is 30.6 Å². The number of hydrogen-bond donors (Lipinski definition) is 0. The standard InChI is InChI=1S/C27H21NO.C19H27NSi.C16H19N.Ir/c1-2-6-18(7-3-1)20-10-12-25-23(16-20)24-17-21(11-13-26(24)29-25)27-22-9-5-4-8-19(22)14-15-28-27;1-19(2,3)13-16-12-17(15-10-8-7-9-11-15)20-14-18(16)21(4,5)6;1-16(2,3)12-13-9-10-17-15(11-13)14-7-5-4-6-8-14;/h1-3,6-7,10-17H,4-5,8-9H2;7-12,14H,13H2,1-6H3;4-11H,12H2,1-3H3;. The molecule has 5 aromatic carbocycles. The SMILES string of the molecule is CC(C)(C)Cc1cc(-c2ccccc2)ncc1[Si](C)(C)C.CC(C)(C)Cc1ccnc(-c2ccccc2)c1.[Ir].c1ccc(-c2ccc3oc4ccc(-c5nccc6c5CCCC6)cc4c3c2)cc1. The van der Waals surface area contributed by atoms with Gasteiger partial charge in [0, 0.05) is 66.2 Å². The van der Waals surface area contributed by atoms with E-state index in [-0.39, 0.29) is 20.1 Å². The molecule has 4 nitrogen and oxygen atoms in total. The van der Waals surface area contributed by atoms with E-state index < -0.39 is 8.07 Å². The van der Waals surface area contributed by atoms with Crippen molar-refractivity contribution in [1.29, 1.82) is 0 Å². The van der Waals surface area contributed by atoms with E-state index in [4.69, 9.17) is 14.4 Å². The van der Waals surface area contributed by atoms with E-state index in [9.17, 15) is 0 Å². The number of pyridine rings is 3. The van der Waals surface area contributed by atoms with Crippen LogP contribution in [0.5, 0.6) is 0 Å². The predicted molar refractivity (Wildman–Crippen MR) is 288 cm³/mol. The molecule has 4 aromatic heterocycles. The molecule has 0 unspecified atom stereocenters. The van der Waals surface area contributed by atoms with Gasteiger partial charge in [0.2, 0.25) is 0 Å². The molecule has 0 spiro atoms. The van der Waals surface area contributed by atoms with Crippen molar-refractivity contribution >= 4 is 35.2 Å². The molecule has 6 heteroatoms. The summed E-state index contributed by atoms with van der Waals surface area (Å²) in [6, 6.07) is 53.1. The molecule has 9 aromatic rings. The van der Waals surface area contributed by atoms with Gasteiger partial charge in [-0.3, -0.25) is 15.0 Å². The second-order valence-corrected chi connectivity index (χ2v) is 26.7. The van der Waals surface area contributed by atoms with Crippen LogP contribution >= 0.6 is 0 Å². The summed E-state index contributed by atoms with van der Waals surface area (Å²) in [4.78, 5) is 13.9. The Morgan fingerprint density at radius 1 is 0.500 bits per heavy atom. The zero-order chi connectivity index (χ0) is 47.2. The van der Waals surface area contributed by atoms with Gasteiger partial charge in [-0.25, -0.2) is 0 Å². The molecule has 4 heterocycles. The molecule has 0 fully saturated rings. The molecule has 0 N–H and O–H groups in total. The fraction of sp³-hybridized carbons (Fsp3) is 0.274. The Morgan fingerprint density at radius 3 is 1.62 bits per heavy atom. The van der Waals surface area contributed by atoms with Gasteiger partial charge in [0.25, 0.3) is 0 Å². The summed E-state index contributed by atoms with van der Waals surface area (Å²) >= 11 is 0. The van der Waals surface area contributed by atoms with Crippen LogP contribution in [0.2, 0.25) is 19.6 Å². The molecule has 1 aliphatic rings. The van der Waals surface area contributed by atoms with Crippen LogP contribution in [-0.4, -0.2) is 23.0 Å². The number of furan rings is 1. The van der Waals surface area contributed by atoms with Crippen molar-refractivity contribution in [3.8, 4) is 44.9 Å². The zero-order valence-electron chi connectivity index (χ0n) is 41.5. The number of aryl methyl sites for hydroxylation is 1. The topological polar surface area (TPSA) is 51.8 Å². The molecule has 0 saturated carbocycles. The van der Waals surface area contributed by atoms with Gasteiger partial charge in [-0.05, 0) is 143 Å². The quantitative estimate of drug-likeness (QED) is 0.149.